The molecule has 0 aromatic heterocycles. The molecule has 0 unspecified atom stereocenters. The average molecular weight is 298 g/mol. The summed E-state index contributed by atoms with van der Waals surface area (Å²) >= 11 is 6.18. The zero-order chi connectivity index (χ0) is 14.6. The summed E-state index contributed by atoms with van der Waals surface area (Å²) in [6.07, 6.45) is 8.71. The van der Waals surface area contributed by atoms with Crippen LogP contribution in [0.4, 0.5) is 4.39 Å². The van der Waals surface area contributed by atoms with Gasteiger partial charge in [0.15, 0.2) is 0 Å². The predicted octanol–water partition coefficient (Wildman–Crippen LogP) is 4.89. The van der Waals surface area contributed by atoms with Crippen LogP contribution in [0.1, 0.15) is 49.7 Å². The van der Waals surface area contributed by atoms with Gasteiger partial charge in [0.25, 0.3) is 0 Å². The van der Waals surface area contributed by atoms with Crippen LogP contribution in [0.15, 0.2) is 12.1 Å². The Morgan fingerprint density at radius 2 is 1.95 bits per heavy atom. The van der Waals surface area contributed by atoms with E-state index in [9.17, 15) is 4.39 Å². The molecule has 3 heteroatoms. The fourth-order valence-corrected chi connectivity index (χ4v) is 3.69. The van der Waals surface area contributed by atoms with E-state index >= 15 is 0 Å². The summed E-state index contributed by atoms with van der Waals surface area (Å²) in [7, 11) is 2.02. The highest BCUT2D eigenvalue weighted by Gasteiger charge is 2.32. The van der Waals surface area contributed by atoms with E-state index in [-0.39, 0.29) is 5.82 Å². The lowest BCUT2D eigenvalue weighted by atomic mass is 9.77. The molecule has 0 aliphatic heterocycles. The third-order valence-corrected chi connectivity index (χ3v) is 5.17. The van der Waals surface area contributed by atoms with E-state index in [2.05, 4.69) is 5.32 Å². The van der Waals surface area contributed by atoms with Crippen molar-refractivity contribution in [3.63, 3.8) is 0 Å². The molecule has 1 nitrogen and oxygen atoms in total. The highest BCUT2D eigenvalue weighted by Crippen LogP contribution is 2.44. The Morgan fingerprint density at radius 3 is 2.60 bits per heavy atom. The summed E-state index contributed by atoms with van der Waals surface area (Å²) < 4.78 is 13.4. The number of hydrogen-bond donors (Lipinski definition) is 1. The topological polar surface area (TPSA) is 12.0 Å². The summed E-state index contributed by atoms with van der Waals surface area (Å²) in [5, 5.41) is 3.85. The van der Waals surface area contributed by atoms with Crippen molar-refractivity contribution in [2.45, 2.75) is 51.9 Å². The van der Waals surface area contributed by atoms with E-state index in [1.807, 2.05) is 20.0 Å². The van der Waals surface area contributed by atoms with Gasteiger partial charge in [-0.2, -0.15) is 0 Å². The molecule has 0 bridgehead atoms. The van der Waals surface area contributed by atoms with Crippen molar-refractivity contribution in [2.24, 2.45) is 5.41 Å². The molecular formula is C17H25ClFN. The van der Waals surface area contributed by atoms with Crippen molar-refractivity contribution in [1.82, 2.24) is 5.32 Å². The van der Waals surface area contributed by atoms with Crippen LogP contribution in [0.25, 0.3) is 0 Å². The van der Waals surface area contributed by atoms with Gasteiger partial charge in [0.1, 0.15) is 5.82 Å². The maximum atomic E-state index is 13.4. The summed E-state index contributed by atoms with van der Waals surface area (Å²) in [5.41, 5.74) is 2.26. The van der Waals surface area contributed by atoms with Gasteiger partial charge in [-0.3, -0.25) is 0 Å². The minimum Gasteiger partial charge on any atom is -0.320 e. The highest BCUT2D eigenvalue weighted by molar-refractivity contribution is 6.31. The van der Waals surface area contributed by atoms with Gasteiger partial charge in [-0.15, -0.1) is 0 Å². The van der Waals surface area contributed by atoms with Crippen LogP contribution in [-0.4, -0.2) is 13.6 Å². The largest absolute Gasteiger partial charge is 0.320 e. The normalized spacial score (nSPS) is 17.6. The molecule has 1 saturated carbocycles. The first-order valence-corrected chi connectivity index (χ1v) is 8.03. The zero-order valence-corrected chi connectivity index (χ0v) is 13.3. The third kappa shape index (κ3) is 3.73. The number of nitrogens with one attached hydrogen (secondary N) is 1. The molecule has 20 heavy (non-hydrogen) atoms. The molecule has 0 spiro atoms. The first-order valence-electron chi connectivity index (χ1n) is 7.65. The molecule has 1 aliphatic rings. The van der Waals surface area contributed by atoms with E-state index in [1.54, 1.807) is 0 Å². The van der Waals surface area contributed by atoms with Gasteiger partial charge in [0.05, 0.1) is 0 Å². The Balaban J connectivity index is 2.04. The first-order chi connectivity index (χ1) is 9.56. The SMILES string of the molecule is CNCCC1(CCc2cc(C)c(F)cc2Cl)CCCC1. The molecule has 1 N–H and O–H groups in total. The Kier molecular flexibility index (Phi) is 5.45. The van der Waals surface area contributed by atoms with Crippen molar-refractivity contribution in [2.75, 3.05) is 13.6 Å². The van der Waals surface area contributed by atoms with Crippen molar-refractivity contribution in [1.29, 1.82) is 0 Å². The van der Waals surface area contributed by atoms with E-state index in [4.69, 9.17) is 11.6 Å². The quantitative estimate of drug-likeness (QED) is 0.788. The fourth-order valence-electron chi connectivity index (χ4n) is 3.45. The van der Waals surface area contributed by atoms with E-state index < -0.39 is 0 Å². The Bertz CT molecular complexity index is 453. The van der Waals surface area contributed by atoms with Crippen LogP contribution in [0, 0.1) is 18.2 Å². The van der Waals surface area contributed by atoms with Crippen LogP contribution in [0.2, 0.25) is 5.02 Å². The van der Waals surface area contributed by atoms with Gasteiger partial charge < -0.3 is 5.32 Å². The summed E-state index contributed by atoms with van der Waals surface area (Å²) in [4.78, 5) is 0. The van der Waals surface area contributed by atoms with Crippen molar-refractivity contribution < 1.29 is 4.39 Å². The number of rotatable bonds is 6. The number of hydrogen-bond acceptors (Lipinski definition) is 1. The average Bonchev–Trinajstić information content (AvgIpc) is 2.88. The molecule has 0 saturated heterocycles. The zero-order valence-electron chi connectivity index (χ0n) is 12.6. The molecule has 0 heterocycles. The van der Waals surface area contributed by atoms with Crippen LogP contribution in [-0.2, 0) is 6.42 Å². The lowest BCUT2D eigenvalue weighted by molar-refractivity contribution is 0.247. The Hall–Kier alpha value is -0.600. The van der Waals surface area contributed by atoms with Crippen molar-refractivity contribution in [3.8, 4) is 0 Å². The molecule has 1 aromatic rings. The Morgan fingerprint density at radius 1 is 1.25 bits per heavy atom. The molecule has 0 amide bonds. The first kappa shape index (κ1) is 15.8. The predicted molar refractivity (Wildman–Crippen MR) is 83.9 cm³/mol. The monoisotopic (exact) mass is 297 g/mol. The molecule has 0 radical (unpaired) electrons. The molecule has 1 fully saturated rings. The molecule has 1 aliphatic carbocycles. The lowest BCUT2D eigenvalue weighted by Gasteiger charge is -2.29. The van der Waals surface area contributed by atoms with E-state index in [0.29, 0.717) is 16.0 Å². The molecule has 112 valence electrons. The van der Waals surface area contributed by atoms with Crippen molar-refractivity contribution in [3.05, 3.63) is 34.1 Å². The number of aryl methyl sites for hydroxylation is 2. The fraction of sp³-hybridized carbons (Fsp3) is 0.647. The second-order valence-electron chi connectivity index (χ2n) is 6.25. The Labute approximate surface area is 126 Å². The molecule has 2 rings (SSSR count). The maximum absolute atomic E-state index is 13.4. The smallest absolute Gasteiger partial charge is 0.127 e. The standard InChI is InChI=1S/C17H25ClFN/c1-13-11-14(15(18)12-16(13)19)5-8-17(9-10-20-2)6-3-4-7-17/h11-12,20H,3-10H2,1-2H3. The minimum absolute atomic E-state index is 0.204. The van der Waals surface area contributed by atoms with Crippen LogP contribution in [0.3, 0.4) is 0 Å². The van der Waals surface area contributed by atoms with Gasteiger partial charge in [0.2, 0.25) is 0 Å². The molecule has 0 atom stereocenters. The third-order valence-electron chi connectivity index (χ3n) is 4.82. The van der Waals surface area contributed by atoms with Crippen molar-refractivity contribution >= 4 is 11.6 Å². The molecule has 1 aromatic carbocycles. The van der Waals surface area contributed by atoms with Crippen LogP contribution < -0.4 is 5.32 Å². The number of halogens is 2. The highest BCUT2D eigenvalue weighted by atomic mass is 35.5. The number of benzene rings is 1. The second-order valence-corrected chi connectivity index (χ2v) is 6.66. The minimum atomic E-state index is -0.204. The summed E-state index contributed by atoms with van der Waals surface area (Å²) in [5.74, 6) is -0.204. The second kappa shape index (κ2) is 6.91. The van der Waals surface area contributed by atoms with Gasteiger partial charge in [-0.05, 0) is 75.2 Å². The van der Waals surface area contributed by atoms with E-state index in [1.165, 1.54) is 44.6 Å². The lowest BCUT2D eigenvalue weighted by Crippen LogP contribution is -2.23. The van der Waals surface area contributed by atoms with Gasteiger partial charge in [-0.25, -0.2) is 4.39 Å². The van der Waals surface area contributed by atoms with Gasteiger partial charge in [0, 0.05) is 5.02 Å². The van der Waals surface area contributed by atoms with Gasteiger partial charge in [-0.1, -0.05) is 30.5 Å². The summed E-state index contributed by atoms with van der Waals surface area (Å²) in [6, 6.07) is 3.37. The van der Waals surface area contributed by atoms with E-state index in [0.717, 1.165) is 18.5 Å². The summed E-state index contributed by atoms with van der Waals surface area (Å²) in [6.45, 7) is 2.89. The molecular weight excluding hydrogens is 273 g/mol. The maximum Gasteiger partial charge on any atom is 0.127 e. The van der Waals surface area contributed by atoms with Gasteiger partial charge >= 0.3 is 0 Å². The van der Waals surface area contributed by atoms with Crippen LogP contribution in [0.5, 0.6) is 0 Å². The van der Waals surface area contributed by atoms with Crippen LogP contribution >= 0.6 is 11.6 Å².